The minimum atomic E-state index is -2.11. The zero-order valence-electron chi connectivity index (χ0n) is 29.2. The van der Waals surface area contributed by atoms with Gasteiger partial charge in [0, 0.05) is 59.3 Å². The number of carbonyl (C=O) groups is 4. The molecule has 0 fully saturated rings. The van der Waals surface area contributed by atoms with Gasteiger partial charge in [-0.3, -0.25) is 9.59 Å². The summed E-state index contributed by atoms with van der Waals surface area (Å²) in [5, 5.41) is 27.2. The predicted molar refractivity (Wildman–Crippen MR) is 226 cm³/mol. The lowest BCUT2D eigenvalue weighted by Gasteiger charge is -2.11. The Kier molecular flexibility index (Phi) is 15.3. The van der Waals surface area contributed by atoms with Crippen molar-refractivity contribution in [2.75, 3.05) is 10.6 Å². The van der Waals surface area contributed by atoms with Crippen LogP contribution in [0.15, 0.2) is 105 Å². The zero-order valence-corrected chi connectivity index (χ0v) is 35.5. The molecule has 6 aromatic rings. The molecular formula is C40H26Br2Cl2F4N2O6S2. The molecule has 4 N–H and O–H groups in total. The van der Waals surface area contributed by atoms with E-state index in [-0.39, 0.29) is 42.3 Å². The van der Waals surface area contributed by atoms with Crippen LogP contribution in [0.25, 0.3) is 22.3 Å². The quantitative estimate of drug-likeness (QED) is 0.0903. The third kappa shape index (κ3) is 11.1. The standard InChI is InChI=1S/2C20H13BrClF2NO3S/c21-12-3-1-10(2-4-12)14-9-29-19(17(14)20(27)28)25-18(26)16(24)8-11-7-13(23)5-6-15(11)22;21-11-6-4-10(5-7-11)13-9-29-19(17(13)20(27)28)25-18(26)16(24)8-12-14(22)2-1-3-15(12)23/h2*1-7,9,16H,8H2,(H,25,26)(H,27,28). The summed E-state index contributed by atoms with van der Waals surface area (Å²) < 4.78 is 57.7. The second-order valence-corrected chi connectivity index (χ2v) is 16.5. The molecule has 8 nitrogen and oxygen atoms in total. The fraction of sp³-hybridized carbons (Fsp3) is 0.100. The van der Waals surface area contributed by atoms with Crippen molar-refractivity contribution in [2.24, 2.45) is 0 Å². The van der Waals surface area contributed by atoms with Crippen molar-refractivity contribution in [3.8, 4) is 22.3 Å². The molecule has 4 aromatic carbocycles. The highest BCUT2D eigenvalue weighted by Crippen LogP contribution is 2.38. The molecular weight excluding hydrogens is 975 g/mol. The number of thiophene rings is 2. The van der Waals surface area contributed by atoms with Gasteiger partial charge in [-0.2, -0.15) is 0 Å². The highest BCUT2D eigenvalue weighted by atomic mass is 79.9. The van der Waals surface area contributed by atoms with Gasteiger partial charge in [-0.1, -0.05) is 85.4 Å². The molecule has 2 amide bonds. The van der Waals surface area contributed by atoms with Gasteiger partial charge in [-0.25, -0.2) is 27.2 Å². The number of anilines is 2. The van der Waals surface area contributed by atoms with Gasteiger partial charge in [0.1, 0.15) is 32.8 Å². The highest BCUT2D eigenvalue weighted by Gasteiger charge is 2.27. The van der Waals surface area contributed by atoms with E-state index in [0.29, 0.717) is 22.3 Å². The minimum absolute atomic E-state index is 0.00250. The van der Waals surface area contributed by atoms with Gasteiger partial charge in [0.15, 0.2) is 12.3 Å². The number of rotatable bonds is 12. The summed E-state index contributed by atoms with van der Waals surface area (Å²) in [4.78, 5) is 48.0. The fourth-order valence-electron chi connectivity index (χ4n) is 5.37. The molecule has 2 aromatic heterocycles. The number of hydrogen-bond acceptors (Lipinski definition) is 6. The van der Waals surface area contributed by atoms with Gasteiger partial charge in [0.25, 0.3) is 11.8 Å². The molecule has 0 radical (unpaired) electrons. The second-order valence-electron chi connectivity index (χ2n) is 12.1. The van der Waals surface area contributed by atoms with Crippen LogP contribution in [0.4, 0.5) is 27.6 Å². The van der Waals surface area contributed by atoms with E-state index < -0.39 is 60.6 Å². The predicted octanol–water partition coefficient (Wildman–Crippen LogP) is 12.4. The van der Waals surface area contributed by atoms with Crippen molar-refractivity contribution in [3.05, 3.63) is 149 Å². The van der Waals surface area contributed by atoms with Gasteiger partial charge in [-0.05, 0) is 71.3 Å². The van der Waals surface area contributed by atoms with Crippen LogP contribution < -0.4 is 10.6 Å². The number of benzene rings is 4. The first-order chi connectivity index (χ1) is 27.5. The Balaban J connectivity index is 0.000000221. The second kappa shape index (κ2) is 19.9. The molecule has 300 valence electrons. The number of carbonyl (C=O) groups excluding carboxylic acids is 2. The first-order valence-corrected chi connectivity index (χ1v) is 20.6. The first-order valence-electron chi connectivity index (χ1n) is 16.5. The molecule has 2 heterocycles. The van der Waals surface area contributed by atoms with E-state index >= 15 is 0 Å². The van der Waals surface area contributed by atoms with Crippen LogP contribution in [0, 0.1) is 11.6 Å². The molecule has 0 aliphatic heterocycles. The number of halogens is 8. The summed E-state index contributed by atoms with van der Waals surface area (Å²) in [7, 11) is 0. The van der Waals surface area contributed by atoms with E-state index in [2.05, 4.69) is 42.5 Å². The maximum absolute atomic E-state index is 14.4. The maximum Gasteiger partial charge on any atom is 0.339 e. The molecule has 0 saturated carbocycles. The van der Waals surface area contributed by atoms with Crippen LogP contribution in [-0.4, -0.2) is 46.3 Å². The molecule has 0 aliphatic carbocycles. The van der Waals surface area contributed by atoms with Crippen LogP contribution in [0.2, 0.25) is 10.0 Å². The van der Waals surface area contributed by atoms with Gasteiger partial charge in [0.05, 0.1) is 0 Å². The van der Waals surface area contributed by atoms with Gasteiger partial charge in [0.2, 0.25) is 0 Å². The number of alkyl halides is 2. The van der Waals surface area contributed by atoms with E-state index in [4.69, 9.17) is 23.2 Å². The van der Waals surface area contributed by atoms with Gasteiger partial charge in [-0.15, -0.1) is 22.7 Å². The number of aromatic carboxylic acids is 2. The van der Waals surface area contributed by atoms with Crippen molar-refractivity contribution >= 4 is 111 Å². The lowest BCUT2D eigenvalue weighted by Crippen LogP contribution is -2.26. The summed E-state index contributed by atoms with van der Waals surface area (Å²) in [6.45, 7) is 0. The summed E-state index contributed by atoms with van der Waals surface area (Å²) in [6, 6.07) is 21.3. The number of hydrogen-bond donors (Lipinski definition) is 4. The topological polar surface area (TPSA) is 133 Å². The van der Waals surface area contributed by atoms with Crippen molar-refractivity contribution in [2.45, 2.75) is 25.2 Å². The average molecular weight is 1000 g/mol. The van der Waals surface area contributed by atoms with E-state index in [1.807, 2.05) is 0 Å². The molecule has 2 unspecified atom stereocenters. The van der Waals surface area contributed by atoms with Crippen LogP contribution >= 0.6 is 77.7 Å². The summed E-state index contributed by atoms with van der Waals surface area (Å²) in [6.07, 6.45) is -5.14. The molecule has 0 spiro atoms. The molecule has 58 heavy (non-hydrogen) atoms. The van der Waals surface area contributed by atoms with E-state index in [0.717, 1.165) is 49.8 Å². The number of nitrogens with one attached hydrogen (secondary N) is 2. The maximum atomic E-state index is 14.4. The number of carboxylic acid groups (broad SMARTS) is 2. The molecule has 0 aliphatic rings. The molecule has 2 atom stereocenters. The summed E-state index contributed by atoms with van der Waals surface area (Å²) in [5.74, 6) is -5.92. The van der Waals surface area contributed by atoms with E-state index in [1.54, 1.807) is 59.3 Å². The molecule has 0 saturated heterocycles. The monoisotopic (exact) mass is 998 g/mol. The van der Waals surface area contributed by atoms with E-state index in [1.165, 1.54) is 18.2 Å². The van der Waals surface area contributed by atoms with Crippen molar-refractivity contribution in [1.29, 1.82) is 0 Å². The van der Waals surface area contributed by atoms with Crippen molar-refractivity contribution < 1.29 is 47.0 Å². The largest absolute Gasteiger partial charge is 0.478 e. The molecule has 0 bridgehead atoms. The Morgan fingerprint density at radius 2 is 1.12 bits per heavy atom. The van der Waals surface area contributed by atoms with E-state index in [9.17, 15) is 47.0 Å². The SMILES string of the molecule is O=C(O)c1c(-c2ccc(Br)cc2)csc1NC(=O)C(F)Cc1c(F)cccc1Cl.O=C(O)c1c(-c2ccc(Br)cc2)csc1NC(=O)C(F)Cc1cc(F)ccc1Cl. The Bertz CT molecular complexity index is 2470. The lowest BCUT2D eigenvalue weighted by molar-refractivity contribution is -0.121. The smallest absolute Gasteiger partial charge is 0.339 e. The summed E-state index contributed by atoms with van der Waals surface area (Å²) >= 11 is 20.4. The van der Waals surface area contributed by atoms with Crippen LogP contribution in [0.1, 0.15) is 31.8 Å². The number of amides is 2. The third-order valence-electron chi connectivity index (χ3n) is 8.21. The lowest BCUT2D eigenvalue weighted by atomic mass is 10.0. The average Bonchev–Trinajstić information content (AvgIpc) is 3.80. The minimum Gasteiger partial charge on any atom is -0.478 e. The zero-order chi connectivity index (χ0) is 42.3. The Hall–Kier alpha value is -4.58. The van der Waals surface area contributed by atoms with Crippen molar-refractivity contribution in [3.63, 3.8) is 0 Å². The Morgan fingerprint density at radius 3 is 1.57 bits per heavy atom. The summed E-state index contributed by atoms with van der Waals surface area (Å²) in [5.41, 5.74) is 1.87. The molecule has 6 rings (SSSR count). The van der Waals surface area contributed by atoms with Crippen molar-refractivity contribution in [1.82, 2.24) is 0 Å². The Morgan fingerprint density at radius 1 is 0.655 bits per heavy atom. The fourth-order valence-corrected chi connectivity index (χ4v) is 8.27. The van der Waals surface area contributed by atoms with Crippen LogP contribution in [0.5, 0.6) is 0 Å². The van der Waals surface area contributed by atoms with Gasteiger partial charge < -0.3 is 20.8 Å². The Labute approximate surface area is 362 Å². The van der Waals surface area contributed by atoms with Crippen LogP contribution in [0.3, 0.4) is 0 Å². The normalized spacial score (nSPS) is 11.9. The number of carboxylic acids is 2. The highest BCUT2D eigenvalue weighted by molar-refractivity contribution is 9.10. The van der Waals surface area contributed by atoms with Gasteiger partial charge >= 0.3 is 11.9 Å². The third-order valence-corrected chi connectivity index (χ3v) is 11.8. The molecule has 18 heteroatoms. The van der Waals surface area contributed by atoms with Crippen LogP contribution in [-0.2, 0) is 22.4 Å². The first kappa shape index (κ1) is 44.5.